The van der Waals surface area contributed by atoms with Crippen LogP contribution < -0.4 is 4.74 Å². The second-order valence-corrected chi connectivity index (χ2v) is 5.24. The lowest BCUT2D eigenvalue weighted by Crippen LogP contribution is -1.90. The van der Waals surface area contributed by atoms with Crippen LogP contribution in [0.4, 0.5) is 0 Å². The van der Waals surface area contributed by atoms with E-state index in [9.17, 15) is 4.79 Å². The van der Waals surface area contributed by atoms with Crippen molar-refractivity contribution in [2.45, 2.75) is 13.8 Å². The number of para-hydroxylation sites is 1. The number of aryl methyl sites for hydroxylation is 2. The molecule has 0 unspecified atom stereocenters. The van der Waals surface area contributed by atoms with Crippen LogP contribution in [-0.2, 0) is 0 Å². The first-order chi connectivity index (χ1) is 10.2. The largest absolute Gasteiger partial charge is 0.496 e. The fourth-order valence-corrected chi connectivity index (χ4v) is 2.93. The minimum atomic E-state index is 0.687. The number of aromatic nitrogens is 1. The standard InChI is InChI=1S/C18H17NO2/c1-11-8-12(2)17-14(10-20)18(19-15(17)9-11)13-6-4-5-7-16(13)21-3/h4-10,19H,1-3H3. The van der Waals surface area contributed by atoms with E-state index in [1.165, 1.54) is 5.56 Å². The number of benzene rings is 2. The van der Waals surface area contributed by atoms with Crippen molar-refractivity contribution >= 4 is 17.2 Å². The molecule has 2 aromatic carbocycles. The minimum Gasteiger partial charge on any atom is -0.496 e. The van der Waals surface area contributed by atoms with E-state index in [2.05, 4.69) is 24.0 Å². The Morgan fingerprint density at radius 3 is 2.62 bits per heavy atom. The van der Waals surface area contributed by atoms with E-state index in [0.29, 0.717) is 5.56 Å². The highest BCUT2D eigenvalue weighted by atomic mass is 16.5. The number of carbonyl (C=O) groups excluding carboxylic acids is 1. The first kappa shape index (κ1) is 13.4. The number of carbonyl (C=O) groups is 1. The molecule has 3 nitrogen and oxygen atoms in total. The average Bonchev–Trinajstić information content (AvgIpc) is 2.85. The van der Waals surface area contributed by atoms with E-state index in [0.717, 1.165) is 39.8 Å². The third kappa shape index (κ3) is 2.11. The lowest BCUT2D eigenvalue weighted by atomic mass is 10.0. The Balaban J connectivity index is 2.38. The summed E-state index contributed by atoms with van der Waals surface area (Å²) >= 11 is 0. The first-order valence-corrected chi connectivity index (χ1v) is 6.87. The van der Waals surface area contributed by atoms with Crippen molar-refractivity contribution in [1.82, 2.24) is 4.98 Å². The van der Waals surface area contributed by atoms with Crippen molar-refractivity contribution in [3.05, 3.63) is 53.1 Å². The van der Waals surface area contributed by atoms with Crippen molar-refractivity contribution in [3.8, 4) is 17.0 Å². The Bertz CT molecular complexity index is 831. The zero-order valence-electron chi connectivity index (χ0n) is 12.4. The smallest absolute Gasteiger partial charge is 0.152 e. The zero-order chi connectivity index (χ0) is 15.0. The van der Waals surface area contributed by atoms with Crippen molar-refractivity contribution in [1.29, 1.82) is 0 Å². The van der Waals surface area contributed by atoms with Crippen LogP contribution in [0.25, 0.3) is 22.2 Å². The van der Waals surface area contributed by atoms with Gasteiger partial charge < -0.3 is 9.72 Å². The predicted octanol–water partition coefficient (Wildman–Crippen LogP) is 4.27. The van der Waals surface area contributed by atoms with E-state index < -0.39 is 0 Å². The number of nitrogens with one attached hydrogen (secondary N) is 1. The summed E-state index contributed by atoms with van der Waals surface area (Å²) in [6, 6.07) is 11.9. The molecule has 0 atom stereocenters. The molecule has 21 heavy (non-hydrogen) atoms. The number of H-pyrrole nitrogens is 1. The van der Waals surface area contributed by atoms with Crippen molar-refractivity contribution in [2.24, 2.45) is 0 Å². The highest BCUT2D eigenvalue weighted by molar-refractivity contribution is 6.06. The lowest BCUT2D eigenvalue weighted by Gasteiger charge is -2.07. The van der Waals surface area contributed by atoms with Crippen molar-refractivity contribution in [3.63, 3.8) is 0 Å². The van der Waals surface area contributed by atoms with Crippen LogP contribution in [-0.4, -0.2) is 18.4 Å². The summed E-state index contributed by atoms with van der Waals surface area (Å²) in [4.78, 5) is 15.0. The second kappa shape index (κ2) is 5.09. The highest BCUT2D eigenvalue weighted by Gasteiger charge is 2.17. The van der Waals surface area contributed by atoms with Gasteiger partial charge in [-0.2, -0.15) is 0 Å². The molecule has 0 amide bonds. The van der Waals surface area contributed by atoms with Crippen LogP contribution in [0.15, 0.2) is 36.4 Å². The molecule has 1 N–H and O–H groups in total. The van der Waals surface area contributed by atoms with Crippen molar-refractivity contribution < 1.29 is 9.53 Å². The van der Waals surface area contributed by atoms with Crippen LogP contribution in [0.3, 0.4) is 0 Å². The van der Waals surface area contributed by atoms with E-state index in [-0.39, 0.29) is 0 Å². The Morgan fingerprint density at radius 1 is 1.14 bits per heavy atom. The molecule has 0 bridgehead atoms. The van der Waals surface area contributed by atoms with Crippen LogP contribution in [0.5, 0.6) is 5.75 Å². The monoisotopic (exact) mass is 279 g/mol. The molecule has 3 aromatic rings. The number of methoxy groups -OCH3 is 1. The van der Waals surface area contributed by atoms with Gasteiger partial charge in [-0.1, -0.05) is 18.2 Å². The molecule has 3 heteroatoms. The Labute approximate surface area is 123 Å². The molecule has 0 aliphatic rings. The summed E-state index contributed by atoms with van der Waals surface area (Å²) in [5.74, 6) is 0.751. The predicted molar refractivity (Wildman–Crippen MR) is 85.1 cm³/mol. The van der Waals surface area contributed by atoms with Gasteiger partial charge in [-0.15, -0.1) is 0 Å². The summed E-state index contributed by atoms with van der Waals surface area (Å²) in [5.41, 5.74) is 5.65. The molecule has 0 aliphatic carbocycles. The third-order valence-corrected chi connectivity index (χ3v) is 3.77. The fourth-order valence-electron chi connectivity index (χ4n) is 2.93. The molecule has 0 aliphatic heterocycles. The molecule has 0 fully saturated rings. The minimum absolute atomic E-state index is 0.687. The SMILES string of the molecule is COc1ccccc1-c1[nH]c2cc(C)cc(C)c2c1C=O. The van der Waals surface area contributed by atoms with Gasteiger partial charge in [0.2, 0.25) is 0 Å². The molecule has 1 heterocycles. The van der Waals surface area contributed by atoms with Gasteiger partial charge in [-0.05, 0) is 43.2 Å². The first-order valence-electron chi connectivity index (χ1n) is 6.87. The van der Waals surface area contributed by atoms with E-state index in [1.54, 1.807) is 7.11 Å². The number of ether oxygens (including phenoxy) is 1. The van der Waals surface area contributed by atoms with E-state index in [4.69, 9.17) is 4.74 Å². The molecule has 106 valence electrons. The van der Waals surface area contributed by atoms with Crippen LogP contribution in [0.2, 0.25) is 0 Å². The lowest BCUT2D eigenvalue weighted by molar-refractivity contribution is 0.112. The molecule has 0 radical (unpaired) electrons. The number of aromatic amines is 1. The molecule has 0 spiro atoms. The molecule has 1 aromatic heterocycles. The van der Waals surface area contributed by atoms with Gasteiger partial charge >= 0.3 is 0 Å². The fraction of sp³-hybridized carbons (Fsp3) is 0.167. The Hall–Kier alpha value is -2.55. The van der Waals surface area contributed by atoms with Gasteiger partial charge in [0, 0.05) is 22.0 Å². The van der Waals surface area contributed by atoms with Gasteiger partial charge in [0.1, 0.15) is 5.75 Å². The molecular weight excluding hydrogens is 262 g/mol. The Morgan fingerprint density at radius 2 is 1.90 bits per heavy atom. The third-order valence-electron chi connectivity index (χ3n) is 3.77. The van der Waals surface area contributed by atoms with Crippen LogP contribution in [0.1, 0.15) is 21.5 Å². The molecule has 0 saturated carbocycles. The van der Waals surface area contributed by atoms with Crippen LogP contribution in [0, 0.1) is 13.8 Å². The maximum Gasteiger partial charge on any atom is 0.152 e. The van der Waals surface area contributed by atoms with Gasteiger partial charge in [-0.3, -0.25) is 4.79 Å². The molecule has 0 saturated heterocycles. The zero-order valence-corrected chi connectivity index (χ0v) is 12.4. The number of hydrogen-bond acceptors (Lipinski definition) is 2. The number of fused-ring (bicyclic) bond motifs is 1. The number of rotatable bonds is 3. The van der Waals surface area contributed by atoms with Crippen LogP contribution >= 0.6 is 0 Å². The van der Waals surface area contributed by atoms with Crippen molar-refractivity contribution in [2.75, 3.05) is 7.11 Å². The summed E-state index contributed by atoms with van der Waals surface area (Å²) in [6.07, 6.45) is 0.920. The van der Waals surface area contributed by atoms with Gasteiger partial charge in [0.05, 0.1) is 12.8 Å². The summed E-state index contributed by atoms with van der Waals surface area (Å²) in [5, 5.41) is 0.983. The summed E-state index contributed by atoms with van der Waals surface area (Å²) in [6.45, 7) is 4.08. The normalized spacial score (nSPS) is 10.8. The van der Waals surface area contributed by atoms with E-state index >= 15 is 0 Å². The molecular formula is C18H17NO2. The average molecular weight is 279 g/mol. The maximum atomic E-state index is 11.7. The maximum absolute atomic E-state index is 11.7. The Kier molecular flexibility index (Phi) is 3.26. The quantitative estimate of drug-likeness (QED) is 0.727. The van der Waals surface area contributed by atoms with Gasteiger partial charge in [0.15, 0.2) is 6.29 Å². The number of aldehydes is 1. The molecule has 3 rings (SSSR count). The summed E-state index contributed by atoms with van der Waals surface area (Å²) in [7, 11) is 1.64. The van der Waals surface area contributed by atoms with Gasteiger partial charge in [-0.25, -0.2) is 0 Å². The highest BCUT2D eigenvalue weighted by Crippen LogP contribution is 2.36. The topological polar surface area (TPSA) is 42.1 Å². The number of hydrogen-bond donors (Lipinski definition) is 1. The van der Waals surface area contributed by atoms with Gasteiger partial charge in [0.25, 0.3) is 0 Å². The summed E-state index contributed by atoms with van der Waals surface area (Å²) < 4.78 is 5.41. The van der Waals surface area contributed by atoms with E-state index in [1.807, 2.05) is 31.2 Å². The second-order valence-electron chi connectivity index (χ2n) is 5.24.